The topological polar surface area (TPSA) is 48.3 Å². The minimum absolute atomic E-state index is 0.148. The lowest BCUT2D eigenvalue weighted by Gasteiger charge is -2.35. The lowest BCUT2D eigenvalue weighted by atomic mass is 9.87. The summed E-state index contributed by atoms with van der Waals surface area (Å²) in [5.41, 5.74) is 4.07. The first-order valence-corrected chi connectivity index (χ1v) is 9.22. The van der Waals surface area contributed by atoms with E-state index in [0.717, 1.165) is 38.0 Å². The molecular weight excluding hydrogens is 314 g/mol. The van der Waals surface area contributed by atoms with Crippen LogP contribution in [0.1, 0.15) is 42.2 Å². The summed E-state index contributed by atoms with van der Waals surface area (Å²) in [5, 5.41) is 3.90. The van der Waals surface area contributed by atoms with Gasteiger partial charge < -0.3 is 19.4 Å². The maximum atomic E-state index is 5.99. The van der Waals surface area contributed by atoms with Gasteiger partial charge in [-0.3, -0.25) is 0 Å². The van der Waals surface area contributed by atoms with E-state index >= 15 is 0 Å². The van der Waals surface area contributed by atoms with E-state index in [0.29, 0.717) is 12.1 Å². The molecule has 1 fully saturated rings. The van der Waals surface area contributed by atoms with Gasteiger partial charge in [0, 0.05) is 25.7 Å². The van der Waals surface area contributed by atoms with E-state index in [2.05, 4.69) is 33.1 Å². The number of methoxy groups -OCH3 is 1. The van der Waals surface area contributed by atoms with Gasteiger partial charge in [-0.2, -0.15) is 0 Å². The highest BCUT2D eigenvalue weighted by atomic mass is 16.5. The predicted octanol–water partition coefficient (Wildman–Crippen LogP) is 2.80. The first-order valence-electron chi connectivity index (χ1n) is 9.22. The number of fused-ring (bicyclic) bond motifs is 1. The third-order valence-electron chi connectivity index (χ3n) is 5.58. The first kappa shape index (κ1) is 16.6. The molecule has 0 radical (unpaired) electrons. The molecule has 0 bridgehead atoms. The molecule has 2 aromatic rings. The standard InChI is InChI=1S/C20H27N3O2/c1-23-13-21-12-19(23)20-11-17(7-8-25-20)22-16-5-3-14-4-6-18(24-2)10-15(14)9-16/h4,6,10,12-13,16-17,20,22H,3,5,7-9,11H2,1-2H3. The quantitative estimate of drug-likeness (QED) is 0.929. The van der Waals surface area contributed by atoms with Crippen LogP contribution in [0.4, 0.5) is 0 Å². The van der Waals surface area contributed by atoms with Crippen LogP contribution in [0.5, 0.6) is 5.75 Å². The second-order valence-corrected chi connectivity index (χ2v) is 7.25. The Balaban J connectivity index is 1.39. The molecule has 0 saturated carbocycles. The molecule has 1 saturated heterocycles. The van der Waals surface area contributed by atoms with Gasteiger partial charge in [0.15, 0.2) is 0 Å². The number of ether oxygens (including phenoxy) is 2. The molecule has 0 amide bonds. The molecule has 2 aliphatic rings. The lowest BCUT2D eigenvalue weighted by Crippen LogP contribution is -2.44. The number of hydrogen-bond acceptors (Lipinski definition) is 4. The summed E-state index contributed by atoms with van der Waals surface area (Å²) in [6, 6.07) is 7.53. The molecule has 134 valence electrons. The van der Waals surface area contributed by atoms with Crippen molar-refractivity contribution >= 4 is 0 Å². The molecular formula is C20H27N3O2. The van der Waals surface area contributed by atoms with Crippen LogP contribution < -0.4 is 10.1 Å². The Labute approximate surface area is 149 Å². The van der Waals surface area contributed by atoms with Crippen LogP contribution in [-0.2, 0) is 24.6 Å². The van der Waals surface area contributed by atoms with E-state index in [9.17, 15) is 0 Å². The monoisotopic (exact) mass is 341 g/mol. The van der Waals surface area contributed by atoms with E-state index in [1.807, 2.05) is 19.6 Å². The summed E-state index contributed by atoms with van der Waals surface area (Å²) in [6.45, 7) is 0.810. The molecule has 1 aliphatic carbocycles. The number of aromatic nitrogens is 2. The number of imidazole rings is 1. The van der Waals surface area contributed by atoms with Gasteiger partial charge in [0.1, 0.15) is 11.9 Å². The Morgan fingerprint density at radius 3 is 2.96 bits per heavy atom. The molecule has 2 heterocycles. The zero-order valence-corrected chi connectivity index (χ0v) is 15.1. The summed E-state index contributed by atoms with van der Waals surface area (Å²) in [5.74, 6) is 0.960. The molecule has 25 heavy (non-hydrogen) atoms. The maximum absolute atomic E-state index is 5.99. The van der Waals surface area contributed by atoms with Gasteiger partial charge >= 0.3 is 0 Å². The van der Waals surface area contributed by atoms with Gasteiger partial charge in [0.2, 0.25) is 0 Å². The smallest absolute Gasteiger partial charge is 0.119 e. The molecule has 5 heteroatoms. The van der Waals surface area contributed by atoms with Crippen molar-refractivity contribution in [3.8, 4) is 5.75 Å². The average molecular weight is 341 g/mol. The van der Waals surface area contributed by atoms with Crippen LogP contribution in [0, 0.1) is 0 Å². The molecule has 1 aliphatic heterocycles. The normalized spacial score (nSPS) is 26.2. The molecule has 1 aromatic carbocycles. The highest BCUT2D eigenvalue weighted by Gasteiger charge is 2.28. The van der Waals surface area contributed by atoms with Crippen molar-refractivity contribution in [1.82, 2.24) is 14.9 Å². The summed E-state index contributed by atoms with van der Waals surface area (Å²) < 4.78 is 13.4. The van der Waals surface area contributed by atoms with Crippen molar-refractivity contribution in [1.29, 1.82) is 0 Å². The van der Waals surface area contributed by atoms with Crippen LogP contribution >= 0.6 is 0 Å². The highest BCUT2D eigenvalue weighted by Crippen LogP contribution is 2.30. The molecule has 0 spiro atoms. The van der Waals surface area contributed by atoms with Gasteiger partial charge in [0.05, 0.1) is 25.3 Å². The summed E-state index contributed by atoms with van der Waals surface area (Å²) in [7, 11) is 3.77. The molecule has 4 rings (SSSR count). The number of benzene rings is 1. The predicted molar refractivity (Wildman–Crippen MR) is 96.9 cm³/mol. The van der Waals surface area contributed by atoms with E-state index in [4.69, 9.17) is 9.47 Å². The summed E-state index contributed by atoms with van der Waals surface area (Å²) in [4.78, 5) is 4.23. The second kappa shape index (κ2) is 7.18. The Morgan fingerprint density at radius 2 is 2.16 bits per heavy atom. The zero-order valence-electron chi connectivity index (χ0n) is 15.1. The van der Waals surface area contributed by atoms with Crippen molar-refractivity contribution in [3.05, 3.63) is 47.5 Å². The molecule has 1 aromatic heterocycles. The third-order valence-corrected chi connectivity index (χ3v) is 5.58. The van der Waals surface area contributed by atoms with Gasteiger partial charge in [-0.1, -0.05) is 6.07 Å². The van der Waals surface area contributed by atoms with Crippen molar-refractivity contribution in [3.63, 3.8) is 0 Å². The van der Waals surface area contributed by atoms with E-state index in [1.165, 1.54) is 23.2 Å². The largest absolute Gasteiger partial charge is 0.497 e. The molecule has 3 unspecified atom stereocenters. The van der Waals surface area contributed by atoms with Crippen LogP contribution in [0.2, 0.25) is 0 Å². The van der Waals surface area contributed by atoms with E-state index < -0.39 is 0 Å². The van der Waals surface area contributed by atoms with Crippen LogP contribution in [0.15, 0.2) is 30.7 Å². The fourth-order valence-corrected chi connectivity index (χ4v) is 4.17. The van der Waals surface area contributed by atoms with Crippen molar-refractivity contribution < 1.29 is 9.47 Å². The van der Waals surface area contributed by atoms with Crippen molar-refractivity contribution in [2.45, 2.75) is 50.3 Å². The lowest BCUT2D eigenvalue weighted by molar-refractivity contribution is -0.00592. The van der Waals surface area contributed by atoms with E-state index in [1.54, 1.807) is 7.11 Å². The number of rotatable bonds is 4. The van der Waals surface area contributed by atoms with Crippen molar-refractivity contribution in [2.75, 3.05) is 13.7 Å². The van der Waals surface area contributed by atoms with Gasteiger partial charge in [0.25, 0.3) is 0 Å². The minimum Gasteiger partial charge on any atom is -0.497 e. The Hall–Kier alpha value is -1.85. The third kappa shape index (κ3) is 3.58. The van der Waals surface area contributed by atoms with Crippen molar-refractivity contribution in [2.24, 2.45) is 7.05 Å². The number of nitrogens with one attached hydrogen (secondary N) is 1. The average Bonchev–Trinajstić information content (AvgIpc) is 3.07. The fourth-order valence-electron chi connectivity index (χ4n) is 4.17. The molecule has 5 nitrogen and oxygen atoms in total. The zero-order chi connectivity index (χ0) is 17.2. The second-order valence-electron chi connectivity index (χ2n) is 7.25. The van der Waals surface area contributed by atoms with Gasteiger partial charge in [-0.15, -0.1) is 0 Å². The number of aryl methyl sites for hydroxylation is 2. The van der Waals surface area contributed by atoms with Gasteiger partial charge in [-0.05, 0) is 55.4 Å². The highest BCUT2D eigenvalue weighted by molar-refractivity contribution is 5.37. The maximum Gasteiger partial charge on any atom is 0.119 e. The minimum atomic E-state index is 0.148. The fraction of sp³-hybridized carbons (Fsp3) is 0.550. The SMILES string of the molecule is COc1ccc2c(c1)CC(NC1CCOC(c3cncn3C)C1)CC2. The Morgan fingerprint density at radius 1 is 1.24 bits per heavy atom. The van der Waals surface area contributed by atoms with E-state index in [-0.39, 0.29) is 6.10 Å². The van der Waals surface area contributed by atoms with Crippen LogP contribution in [0.3, 0.4) is 0 Å². The Bertz CT molecular complexity index is 727. The number of nitrogens with zero attached hydrogens (tertiary/aromatic N) is 2. The summed E-state index contributed by atoms with van der Waals surface area (Å²) >= 11 is 0. The van der Waals surface area contributed by atoms with Gasteiger partial charge in [-0.25, -0.2) is 4.98 Å². The Kier molecular flexibility index (Phi) is 4.77. The first-order chi connectivity index (χ1) is 12.2. The van der Waals surface area contributed by atoms with Crippen LogP contribution in [0.25, 0.3) is 0 Å². The molecule has 1 N–H and O–H groups in total. The summed E-state index contributed by atoms with van der Waals surface area (Å²) in [6.07, 6.45) is 9.45. The van der Waals surface area contributed by atoms with Crippen LogP contribution in [-0.4, -0.2) is 35.4 Å². The number of hydrogen-bond donors (Lipinski definition) is 1. The molecule has 3 atom stereocenters.